The van der Waals surface area contributed by atoms with Gasteiger partial charge in [0.25, 0.3) is 0 Å². The minimum atomic E-state index is -0.118. The monoisotopic (exact) mass is 281 g/mol. The number of hydrogen-bond donors (Lipinski definition) is 0. The number of halogens is 1. The van der Waals surface area contributed by atoms with Crippen LogP contribution in [0.15, 0.2) is 33.8 Å². The van der Waals surface area contributed by atoms with Crippen LogP contribution in [0.25, 0.3) is 0 Å². The molecule has 0 atom stereocenters. The van der Waals surface area contributed by atoms with Crippen LogP contribution < -0.4 is 5.69 Å². The van der Waals surface area contributed by atoms with E-state index in [2.05, 4.69) is 21.0 Å². The molecule has 0 unspecified atom stereocenters. The van der Waals surface area contributed by atoms with Gasteiger partial charge >= 0.3 is 5.69 Å². The van der Waals surface area contributed by atoms with Gasteiger partial charge in [0, 0.05) is 7.05 Å². The van der Waals surface area contributed by atoms with E-state index in [4.69, 9.17) is 0 Å². The summed E-state index contributed by atoms with van der Waals surface area (Å²) in [6.45, 7) is 2.53. The van der Waals surface area contributed by atoms with E-state index >= 15 is 0 Å². The average Bonchev–Trinajstić information content (AvgIpc) is 2.50. The van der Waals surface area contributed by atoms with Crippen LogP contribution in [0, 0.1) is 6.92 Å². The summed E-state index contributed by atoms with van der Waals surface area (Å²) < 4.78 is 3.45. The zero-order chi connectivity index (χ0) is 11.7. The molecule has 0 aliphatic carbocycles. The molecule has 84 valence electrons. The lowest BCUT2D eigenvalue weighted by Gasteiger charge is -2.00. The summed E-state index contributed by atoms with van der Waals surface area (Å²) in [4.78, 5) is 11.7. The van der Waals surface area contributed by atoms with Gasteiger partial charge in [-0.2, -0.15) is 0 Å². The summed E-state index contributed by atoms with van der Waals surface area (Å²) >= 11 is 3.22. The number of benzene rings is 1. The summed E-state index contributed by atoms with van der Waals surface area (Å²) in [5.41, 5.74) is 2.16. The third kappa shape index (κ3) is 2.09. The summed E-state index contributed by atoms with van der Waals surface area (Å²) in [6.07, 6.45) is 0. The largest absolute Gasteiger partial charge is 0.346 e. The lowest BCUT2D eigenvalue weighted by Crippen LogP contribution is -2.23. The molecule has 0 spiro atoms. The SMILES string of the molecule is Cc1ccc(Cn2nc(Br)n(C)c2=O)cc1. The second-order valence-corrected chi connectivity index (χ2v) is 4.46. The number of nitrogens with zero attached hydrogens (tertiary/aromatic N) is 3. The Bertz CT molecular complexity index is 554. The molecule has 0 saturated heterocycles. The minimum Gasteiger partial charge on any atom is -0.273 e. The van der Waals surface area contributed by atoms with E-state index in [9.17, 15) is 4.79 Å². The first-order valence-corrected chi connectivity index (χ1v) is 5.72. The Hall–Kier alpha value is -1.36. The van der Waals surface area contributed by atoms with Crippen molar-refractivity contribution < 1.29 is 0 Å². The second-order valence-electron chi connectivity index (χ2n) is 3.75. The molecule has 0 aliphatic heterocycles. The van der Waals surface area contributed by atoms with Gasteiger partial charge in [0.2, 0.25) is 4.73 Å². The van der Waals surface area contributed by atoms with Gasteiger partial charge < -0.3 is 0 Å². The highest BCUT2D eigenvalue weighted by atomic mass is 79.9. The molecule has 1 aromatic heterocycles. The van der Waals surface area contributed by atoms with Crippen LogP contribution in [0.1, 0.15) is 11.1 Å². The molecule has 1 heterocycles. The molecule has 4 nitrogen and oxygen atoms in total. The van der Waals surface area contributed by atoms with Crippen LogP contribution in [-0.4, -0.2) is 14.3 Å². The Morgan fingerprint density at radius 2 is 1.94 bits per heavy atom. The summed E-state index contributed by atoms with van der Waals surface area (Å²) in [5, 5.41) is 4.11. The van der Waals surface area contributed by atoms with Crippen LogP contribution >= 0.6 is 15.9 Å². The van der Waals surface area contributed by atoms with Crippen LogP contribution in [0.2, 0.25) is 0 Å². The van der Waals surface area contributed by atoms with Crippen molar-refractivity contribution in [3.63, 3.8) is 0 Å². The molecular formula is C11H12BrN3O. The zero-order valence-corrected chi connectivity index (χ0v) is 10.7. The molecule has 2 rings (SSSR count). The van der Waals surface area contributed by atoms with Crippen molar-refractivity contribution in [2.24, 2.45) is 7.05 Å². The maximum Gasteiger partial charge on any atom is 0.346 e. The summed E-state index contributed by atoms with van der Waals surface area (Å²) in [7, 11) is 1.69. The third-order valence-electron chi connectivity index (χ3n) is 2.44. The number of aryl methyl sites for hydroxylation is 1. The molecule has 2 aromatic rings. The van der Waals surface area contributed by atoms with Crippen molar-refractivity contribution in [2.75, 3.05) is 0 Å². The minimum absolute atomic E-state index is 0.118. The highest BCUT2D eigenvalue weighted by molar-refractivity contribution is 9.10. The molecule has 5 heteroatoms. The van der Waals surface area contributed by atoms with E-state index in [0.717, 1.165) is 5.56 Å². The van der Waals surface area contributed by atoms with Crippen molar-refractivity contribution in [3.8, 4) is 0 Å². The van der Waals surface area contributed by atoms with Gasteiger partial charge in [0.15, 0.2) is 0 Å². The van der Waals surface area contributed by atoms with Crippen LogP contribution in [-0.2, 0) is 13.6 Å². The fraction of sp³-hybridized carbons (Fsp3) is 0.273. The number of rotatable bonds is 2. The zero-order valence-electron chi connectivity index (χ0n) is 9.14. The summed E-state index contributed by atoms with van der Waals surface area (Å²) in [6, 6.07) is 8.06. The standard InChI is InChI=1S/C11H12BrN3O/c1-8-3-5-9(6-4-8)7-15-11(16)14(2)10(12)13-15/h3-6H,7H2,1-2H3. The van der Waals surface area contributed by atoms with Crippen LogP contribution in [0.4, 0.5) is 0 Å². The fourth-order valence-corrected chi connectivity index (χ4v) is 1.77. The molecule has 0 fully saturated rings. The molecule has 1 aromatic carbocycles. The Labute approximate surface area is 102 Å². The van der Waals surface area contributed by atoms with Gasteiger partial charge in [0.1, 0.15) is 0 Å². The molecule has 16 heavy (non-hydrogen) atoms. The predicted octanol–water partition coefficient (Wildman–Crippen LogP) is 1.70. The first-order chi connectivity index (χ1) is 7.58. The van der Waals surface area contributed by atoms with E-state index < -0.39 is 0 Å². The maximum atomic E-state index is 11.7. The average molecular weight is 282 g/mol. The van der Waals surface area contributed by atoms with E-state index in [1.54, 1.807) is 7.05 Å². The van der Waals surface area contributed by atoms with Gasteiger partial charge in [-0.15, -0.1) is 5.10 Å². The first-order valence-electron chi connectivity index (χ1n) is 4.93. The predicted molar refractivity (Wildman–Crippen MR) is 65.4 cm³/mol. The Kier molecular flexibility index (Phi) is 2.96. The van der Waals surface area contributed by atoms with E-state index in [1.807, 2.05) is 31.2 Å². The Balaban J connectivity index is 2.30. The molecule has 0 N–H and O–H groups in total. The number of hydrogen-bond acceptors (Lipinski definition) is 2. The van der Waals surface area contributed by atoms with Gasteiger partial charge in [-0.25, -0.2) is 9.48 Å². The normalized spacial score (nSPS) is 10.7. The van der Waals surface area contributed by atoms with Gasteiger partial charge in [0.05, 0.1) is 6.54 Å². The van der Waals surface area contributed by atoms with Crippen LogP contribution in [0.3, 0.4) is 0 Å². The molecule has 0 aliphatic rings. The molecule has 0 saturated carbocycles. The van der Waals surface area contributed by atoms with Crippen molar-refractivity contribution in [3.05, 3.63) is 50.6 Å². The Morgan fingerprint density at radius 3 is 2.44 bits per heavy atom. The lowest BCUT2D eigenvalue weighted by atomic mass is 10.1. The fourth-order valence-electron chi connectivity index (χ4n) is 1.43. The summed E-state index contributed by atoms with van der Waals surface area (Å²) in [5.74, 6) is 0. The lowest BCUT2D eigenvalue weighted by molar-refractivity contribution is 0.646. The van der Waals surface area contributed by atoms with E-state index in [-0.39, 0.29) is 5.69 Å². The second kappa shape index (κ2) is 4.25. The van der Waals surface area contributed by atoms with Crippen molar-refractivity contribution in [1.82, 2.24) is 14.3 Å². The molecular weight excluding hydrogens is 270 g/mol. The number of aromatic nitrogens is 3. The van der Waals surface area contributed by atoms with E-state index in [1.165, 1.54) is 14.8 Å². The highest BCUT2D eigenvalue weighted by Crippen LogP contribution is 2.05. The van der Waals surface area contributed by atoms with E-state index in [0.29, 0.717) is 11.3 Å². The van der Waals surface area contributed by atoms with Crippen molar-refractivity contribution >= 4 is 15.9 Å². The topological polar surface area (TPSA) is 39.8 Å². The van der Waals surface area contributed by atoms with Gasteiger partial charge in [-0.1, -0.05) is 29.8 Å². The third-order valence-corrected chi connectivity index (χ3v) is 3.13. The first kappa shape index (κ1) is 11.1. The van der Waals surface area contributed by atoms with Crippen LogP contribution in [0.5, 0.6) is 0 Å². The van der Waals surface area contributed by atoms with Gasteiger partial charge in [-0.05, 0) is 28.4 Å². The van der Waals surface area contributed by atoms with Crippen molar-refractivity contribution in [1.29, 1.82) is 0 Å². The molecule has 0 bridgehead atoms. The highest BCUT2D eigenvalue weighted by Gasteiger charge is 2.07. The molecule has 0 radical (unpaired) electrons. The Morgan fingerprint density at radius 1 is 1.31 bits per heavy atom. The maximum absolute atomic E-state index is 11.7. The smallest absolute Gasteiger partial charge is 0.273 e. The quantitative estimate of drug-likeness (QED) is 0.841. The van der Waals surface area contributed by atoms with Gasteiger partial charge in [-0.3, -0.25) is 4.57 Å². The van der Waals surface area contributed by atoms with Crippen molar-refractivity contribution in [2.45, 2.75) is 13.5 Å². The molecule has 0 amide bonds.